The molecule has 0 spiro atoms. The monoisotopic (exact) mass is 268 g/mol. The lowest BCUT2D eigenvalue weighted by Crippen LogP contribution is -2.35. The van der Waals surface area contributed by atoms with Crippen LogP contribution in [-0.2, 0) is 14.3 Å². The largest absolute Gasteiger partial charge is 0.461 e. The third-order valence-corrected chi connectivity index (χ3v) is 2.36. The predicted octanol–water partition coefficient (Wildman–Crippen LogP) is 2.86. The quantitative estimate of drug-likeness (QED) is 0.609. The summed E-state index contributed by atoms with van der Waals surface area (Å²) in [5.41, 5.74) is -0.464. The number of hydrogen-bond donors (Lipinski definition) is 0. The molecule has 0 fully saturated rings. The Labute approximate surface area is 109 Å². The van der Waals surface area contributed by atoms with Crippen molar-refractivity contribution in [1.82, 2.24) is 0 Å². The number of carbonyl (C=O) groups is 2. The van der Waals surface area contributed by atoms with E-state index >= 15 is 0 Å². The average Bonchev–Trinajstić information content (AvgIpc) is 2.37. The van der Waals surface area contributed by atoms with E-state index < -0.39 is 23.2 Å². The zero-order valence-corrected chi connectivity index (χ0v) is 10.7. The van der Waals surface area contributed by atoms with E-state index in [0.717, 1.165) is 13.0 Å². The van der Waals surface area contributed by atoms with Crippen LogP contribution in [0.5, 0.6) is 0 Å². The Hall–Kier alpha value is -2.04. The van der Waals surface area contributed by atoms with Crippen LogP contribution < -0.4 is 0 Å². The Morgan fingerprint density at radius 1 is 1.26 bits per heavy atom. The number of rotatable bonds is 5. The van der Waals surface area contributed by atoms with Gasteiger partial charge in [-0.15, -0.1) is 0 Å². The molecule has 0 bridgehead atoms. The molecule has 0 radical (unpaired) electrons. The summed E-state index contributed by atoms with van der Waals surface area (Å²) in [6.45, 7) is 2.23. The van der Waals surface area contributed by atoms with Gasteiger partial charge in [0.25, 0.3) is 0 Å². The molecule has 1 aromatic carbocycles. The minimum Gasteiger partial charge on any atom is -0.461 e. The maximum Gasteiger partial charge on any atom is 0.382 e. The Morgan fingerprint density at radius 3 is 2.32 bits per heavy atom. The zero-order chi connectivity index (χ0) is 14.5. The second kappa shape index (κ2) is 6.22. The average molecular weight is 268 g/mol. The highest BCUT2D eigenvalue weighted by atomic mass is 19.3. The van der Waals surface area contributed by atoms with Gasteiger partial charge in [-0.1, -0.05) is 30.3 Å². The smallest absolute Gasteiger partial charge is 0.382 e. The van der Waals surface area contributed by atoms with E-state index in [1.165, 1.54) is 6.92 Å². The Morgan fingerprint density at radius 2 is 1.84 bits per heavy atom. The van der Waals surface area contributed by atoms with Gasteiger partial charge in [0.15, 0.2) is 5.78 Å². The van der Waals surface area contributed by atoms with Gasteiger partial charge in [-0.3, -0.25) is 4.79 Å². The van der Waals surface area contributed by atoms with E-state index in [4.69, 9.17) is 0 Å². The summed E-state index contributed by atoms with van der Waals surface area (Å²) in [4.78, 5) is 22.6. The molecule has 0 heterocycles. The molecule has 5 heteroatoms. The van der Waals surface area contributed by atoms with Crippen molar-refractivity contribution in [3.05, 3.63) is 41.5 Å². The molecule has 1 aromatic rings. The van der Waals surface area contributed by atoms with E-state index in [1.807, 2.05) is 0 Å². The molecule has 0 N–H and O–H groups in total. The van der Waals surface area contributed by atoms with Crippen molar-refractivity contribution in [2.24, 2.45) is 0 Å². The minimum atomic E-state index is -3.95. The highest BCUT2D eigenvalue weighted by Crippen LogP contribution is 2.28. The number of esters is 1. The lowest BCUT2D eigenvalue weighted by molar-refractivity contribution is -0.166. The Balaban J connectivity index is 3.18. The molecule has 0 atom stereocenters. The summed E-state index contributed by atoms with van der Waals surface area (Å²) in [6.07, 6.45) is 0.999. The van der Waals surface area contributed by atoms with Gasteiger partial charge in [-0.25, -0.2) is 4.79 Å². The molecule has 102 valence electrons. The number of carbonyl (C=O) groups excluding carboxylic acids is 2. The lowest BCUT2D eigenvalue weighted by Gasteiger charge is -2.16. The van der Waals surface area contributed by atoms with Crippen LogP contribution in [-0.4, -0.2) is 24.3 Å². The number of ketones is 1. The van der Waals surface area contributed by atoms with Gasteiger partial charge in [0, 0.05) is 0 Å². The molecule has 0 saturated carbocycles. The summed E-state index contributed by atoms with van der Waals surface area (Å²) >= 11 is 0. The predicted molar refractivity (Wildman–Crippen MR) is 66.7 cm³/mol. The first-order chi connectivity index (χ1) is 8.89. The van der Waals surface area contributed by atoms with Crippen LogP contribution in [0, 0.1) is 0 Å². The fourth-order valence-corrected chi connectivity index (χ4v) is 1.46. The second-order valence-electron chi connectivity index (χ2n) is 3.82. The molecular weight excluding hydrogens is 254 g/mol. The van der Waals surface area contributed by atoms with Crippen molar-refractivity contribution >= 4 is 17.8 Å². The summed E-state index contributed by atoms with van der Waals surface area (Å²) in [6, 6.07) is 8.13. The number of alkyl halides is 2. The van der Waals surface area contributed by atoms with Gasteiger partial charge >= 0.3 is 11.9 Å². The van der Waals surface area contributed by atoms with Crippen molar-refractivity contribution in [2.75, 3.05) is 6.61 Å². The SMILES string of the molecule is CCOC(=O)C(F)(F)/C(=C/c1ccccc1)C(C)=O. The number of ether oxygens (including phenoxy) is 1. The molecule has 0 aliphatic carbocycles. The zero-order valence-electron chi connectivity index (χ0n) is 10.7. The molecular formula is C14H14F2O3. The van der Waals surface area contributed by atoms with Gasteiger partial charge in [0.05, 0.1) is 12.2 Å². The van der Waals surface area contributed by atoms with Crippen molar-refractivity contribution in [1.29, 1.82) is 0 Å². The van der Waals surface area contributed by atoms with Crippen LogP contribution in [0.4, 0.5) is 8.78 Å². The Bertz CT molecular complexity index is 493. The van der Waals surface area contributed by atoms with E-state index in [2.05, 4.69) is 4.74 Å². The molecule has 3 nitrogen and oxygen atoms in total. The highest BCUT2D eigenvalue weighted by molar-refractivity contribution is 6.05. The second-order valence-corrected chi connectivity index (χ2v) is 3.82. The molecule has 0 aliphatic rings. The van der Waals surface area contributed by atoms with Gasteiger partial charge in [0.2, 0.25) is 0 Å². The molecule has 19 heavy (non-hydrogen) atoms. The summed E-state index contributed by atoms with van der Waals surface area (Å²) in [7, 11) is 0. The van der Waals surface area contributed by atoms with Crippen LogP contribution in [0.25, 0.3) is 6.08 Å². The molecule has 0 aliphatic heterocycles. The van der Waals surface area contributed by atoms with Crippen LogP contribution in [0.15, 0.2) is 35.9 Å². The van der Waals surface area contributed by atoms with Crippen LogP contribution >= 0.6 is 0 Å². The van der Waals surface area contributed by atoms with E-state index in [9.17, 15) is 18.4 Å². The number of benzene rings is 1. The van der Waals surface area contributed by atoms with Gasteiger partial charge in [-0.2, -0.15) is 8.78 Å². The molecule has 0 aromatic heterocycles. The first kappa shape index (κ1) is 15.0. The lowest BCUT2D eigenvalue weighted by atomic mass is 10.0. The van der Waals surface area contributed by atoms with Crippen molar-refractivity contribution in [3.63, 3.8) is 0 Å². The maximum absolute atomic E-state index is 13.8. The number of halogens is 2. The molecule has 1 rings (SSSR count). The van der Waals surface area contributed by atoms with E-state index in [-0.39, 0.29) is 6.61 Å². The number of Topliss-reactive ketones (excluding diaryl/α,β-unsaturated/α-hetero) is 1. The first-order valence-corrected chi connectivity index (χ1v) is 5.72. The minimum absolute atomic E-state index is 0.176. The maximum atomic E-state index is 13.8. The summed E-state index contributed by atoms with van der Waals surface area (Å²) < 4.78 is 32.0. The topological polar surface area (TPSA) is 43.4 Å². The fraction of sp³-hybridized carbons (Fsp3) is 0.286. The molecule has 0 saturated heterocycles. The van der Waals surface area contributed by atoms with Gasteiger partial charge in [-0.05, 0) is 25.5 Å². The van der Waals surface area contributed by atoms with E-state index in [0.29, 0.717) is 5.56 Å². The molecule has 0 unspecified atom stereocenters. The third kappa shape index (κ3) is 3.71. The standard InChI is InChI=1S/C14H14F2O3/c1-3-19-13(18)14(15,16)12(10(2)17)9-11-7-5-4-6-8-11/h4-9H,3H2,1-2H3/b12-9+. The van der Waals surface area contributed by atoms with Crippen LogP contribution in [0.1, 0.15) is 19.4 Å². The van der Waals surface area contributed by atoms with Gasteiger partial charge < -0.3 is 4.74 Å². The van der Waals surface area contributed by atoms with Crippen LogP contribution in [0.2, 0.25) is 0 Å². The highest BCUT2D eigenvalue weighted by Gasteiger charge is 2.46. The van der Waals surface area contributed by atoms with Crippen molar-refractivity contribution < 1.29 is 23.1 Å². The number of hydrogen-bond acceptors (Lipinski definition) is 3. The fourth-order valence-electron chi connectivity index (χ4n) is 1.46. The van der Waals surface area contributed by atoms with Crippen molar-refractivity contribution in [2.45, 2.75) is 19.8 Å². The van der Waals surface area contributed by atoms with Gasteiger partial charge in [0.1, 0.15) is 0 Å². The van der Waals surface area contributed by atoms with E-state index in [1.54, 1.807) is 30.3 Å². The first-order valence-electron chi connectivity index (χ1n) is 5.72. The normalized spacial score (nSPS) is 12.1. The summed E-state index contributed by atoms with van der Waals surface area (Å²) in [5.74, 6) is -6.54. The Kier molecular flexibility index (Phi) is 4.92. The third-order valence-electron chi connectivity index (χ3n) is 2.36. The summed E-state index contributed by atoms with van der Waals surface area (Å²) in [5, 5.41) is 0. The molecule has 0 amide bonds. The van der Waals surface area contributed by atoms with Crippen LogP contribution in [0.3, 0.4) is 0 Å². The van der Waals surface area contributed by atoms with Crippen molar-refractivity contribution in [3.8, 4) is 0 Å².